The Morgan fingerprint density at radius 2 is 2.24 bits per heavy atom. The summed E-state index contributed by atoms with van der Waals surface area (Å²) >= 11 is 1.56. The molecule has 0 saturated carbocycles. The van der Waals surface area contributed by atoms with E-state index in [1.807, 2.05) is 18.2 Å². The van der Waals surface area contributed by atoms with Gasteiger partial charge in [-0.15, -0.1) is 36.2 Å². The van der Waals surface area contributed by atoms with E-state index in [1.165, 1.54) is 0 Å². The van der Waals surface area contributed by atoms with Crippen LogP contribution in [-0.4, -0.2) is 30.0 Å². The summed E-state index contributed by atoms with van der Waals surface area (Å²) in [6.45, 7) is 4.09. The van der Waals surface area contributed by atoms with E-state index < -0.39 is 0 Å². The fourth-order valence-electron chi connectivity index (χ4n) is 2.43. The van der Waals surface area contributed by atoms with E-state index in [-0.39, 0.29) is 36.8 Å². The molecule has 1 aromatic carbocycles. The van der Waals surface area contributed by atoms with Crippen LogP contribution in [-0.2, 0) is 0 Å². The fourth-order valence-corrected chi connectivity index (χ4v) is 3.15. The van der Waals surface area contributed by atoms with E-state index in [1.54, 1.807) is 16.8 Å². The highest BCUT2D eigenvalue weighted by Crippen LogP contribution is 2.19. The maximum atomic E-state index is 12.3. The second-order valence-corrected chi connectivity index (χ2v) is 5.97. The first-order valence-corrected chi connectivity index (χ1v) is 7.47. The zero-order valence-corrected chi connectivity index (χ0v) is 14.1. The Kier molecular flexibility index (Phi) is 6.87. The second-order valence-electron chi connectivity index (χ2n) is 5.08. The standard InChI is InChI=1S/C14H17N3OS.2ClH/c1-9-4-5-15-7-12(9)17-14(18)10-2-3-11-13(6-10)19-8-16-11;;/h2-3,6,8-9,12,15H,4-5,7H2,1H3,(H,17,18);2*1H. The van der Waals surface area contributed by atoms with Crippen molar-refractivity contribution in [3.05, 3.63) is 29.3 Å². The van der Waals surface area contributed by atoms with Crippen LogP contribution in [0.1, 0.15) is 23.7 Å². The van der Waals surface area contributed by atoms with Crippen LogP contribution in [0.25, 0.3) is 10.2 Å². The smallest absolute Gasteiger partial charge is 0.251 e. The summed E-state index contributed by atoms with van der Waals surface area (Å²) < 4.78 is 1.06. The summed E-state index contributed by atoms with van der Waals surface area (Å²) in [5, 5.41) is 6.45. The fraction of sp³-hybridized carbons (Fsp3) is 0.429. The van der Waals surface area contributed by atoms with Gasteiger partial charge in [-0.25, -0.2) is 4.98 Å². The molecule has 2 unspecified atom stereocenters. The van der Waals surface area contributed by atoms with Crippen LogP contribution in [0, 0.1) is 5.92 Å². The number of piperidine rings is 1. The van der Waals surface area contributed by atoms with E-state index in [2.05, 4.69) is 22.5 Å². The summed E-state index contributed by atoms with van der Waals surface area (Å²) in [6, 6.07) is 5.89. The SMILES string of the molecule is CC1CCNCC1NC(=O)c1ccc2ncsc2c1.Cl.Cl. The first kappa shape index (κ1) is 18.2. The molecule has 2 heterocycles. The minimum absolute atomic E-state index is 0. The molecule has 1 aliphatic heterocycles. The van der Waals surface area contributed by atoms with Gasteiger partial charge in [-0.05, 0) is 37.1 Å². The van der Waals surface area contributed by atoms with Crippen molar-refractivity contribution in [3.8, 4) is 0 Å². The van der Waals surface area contributed by atoms with Crippen LogP contribution in [0.3, 0.4) is 0 Å². The van der Waals surface area contributed by atoms with Gasteiger partial charge in [-0.1, -0.05) is 6.92 Å². The number of aromatic nitrogens is 1. The van der Waals surface area contributed by atoms with Gasteiger partial charge < -0.3 is 10.6 Å². The zero-order valence-electron chi connectivity index (χ0n) is 11.7. The lowest BCUT2D eigenvalue weighted by molar-refractivity contribution is 0.0915. The minimum Gasteiger partial charge on any atom is -0.348 e. The van der Waals surface area contributed by atoms with E-state index in [0.717, 1.165) is 35.3 Å². The number of amides is 1. The number of thiazole rings is 1. The molecule has 1 aliphatic rings. The Morgan fingerprint density at radius 3 is 3.00 bits per heavy atom. The lowest BCUT2D eigenvalue weighted by atomic mass is 9.94. The van der Waals surface area contributed by atoms with Crippen LogP contribution in [0.2, 0.25) is 0 Å². The molecule has 1 saturated heterocycles. The molecule has 2 N–H and O–H groups in total. The quantitative estimate of drug-likeness (QED) is 0.878. The molecule has 0 spiro atoms. The van der Waals surface area contributed by atoms with Crippen molar-refractivity contribution in [2.75, 3.05) is 13.1 Å². The topological polar surface area (TPSA) is 54.0 Å². The van der Waals surface area contributed by atoms with Crippen LogP contribution in [0.15, 0.2) is 23.7 Å². The second kappa shape index (κ2) is 7.94. The Hall–Kier alpha value is -0.880. The molecule has 0 radical (unpaired) electrons. The van der Waals surface area contributed by atoms with Gasteiger partial charge in [0.05, 0.1) is 15.7 Å². The summed E-state index contributed by atoms with van der Waals surface area (Å²) in [5.74, 6) is 0.535. The number of benzene rings is 1. The predicted molar refractivity (Wildman–Crippen MR) is 92.0 cm³/mol. The summed E-state index contributed by atoms with van der Waals surface area (Å²) in [6.07, 6.45) is 1.11. The van der Waals surface area contributed by atoms with Gasteiger partial charge in [-0.2, -0.15) is 0 Å². The van der Waals surface area contributed by atoms with Gasteiger partial charge >= 0.3 is 0 Å². The number of nitrogens with zero attached hydrogens (tertiary/aromatic N) is 1. The van der Waals surface area contributed by atoms with E-state index >= 15 is 0 Å². The Balaban J connectivity index is 0.00000110. The maximum absolute atomic E-state index is 12.3. The van der Waals surface area contributed by atoms with E-state index in [0.29, 0.717) is 5.92 Å². The van der Waals surface area contributed by atoms with Crippen molar-refractivity contribution < 1.29 is 4.79 Å². The average Bonchev–Trinajstić information content (AvgIpc) is 2.88. The minimum atomic E-state index is 0. The van der Waals surface area contributed by atoms with E-state index in [4.69, 9.17) is 0 Å². The number of nitrogens with one attached hydrogen (secondary N) is 2. The number of hydrogen-bond donors (Lipinski definition) is 2. The van der Waals surface area contributed by atoms with Gasteiger partial charge in [-0.3, -0.25) is 4.79 Å². The Labute approximate surface area is 140 Å². The summed E-state index contributed by atoms with van der Waals surface area (Å²) in [4.78, 5) is 16.5. The largest absolute Gasteiger partial charge is 0.348 e. The lowest BCUT2D eigenvalue weighted by Gasteiger charge is -2.30. The average molecular weight is 348 g/mol. The highest BCUT2D eigenvalue weighted by Gasteiger charge is 2.23. The van der Waals surface area contributed by atoms with Crippen molar-refractivity contribution >= 4 is 52.3 Å². The first-order chi connectivity index (χ1) is 9.24. The number of halogens is 2. The molecule has 0 bridgehead atoms. The monoisotopic (exact) mass is 347 g/mol. The summed E-state index contributed by atoms with van der Waals surface area (Å²) in [7, 11) is 0. The van der Waals surface area contributed by atoms with Gasteiger partial charge in [0, 0.05) is 18.2 Å². The van der Waals surface area contributed by atoms with Crippen molar-refractivity contribution in [1.82, 2.24) is 15.6 Å². The molecule has 4 nitrogen and oxygen atoms in total. The van der Waals surface area contributed by atoms with Gasteiger partial charge in [0.15, 0.2) is 0 Å². The predicted octanol–water partition coefficient (Wildman–Crippen LogP) is 2.87. The van der Waals surface area contributed by atoms with Crippen molar-refractivity contribution in [2.24, 2.45) is 5.92 Å². The molecule has 1 amide bonds. The molecule has 3 rings (SSSR count). The van der Waals surface area contributed by atoms with Crippen LogP contribution < -0.4 is 10.6 Å². The van der Waals surface area contributed by atoms with Crippen LogP contribution in [0.5, 0.6) is 0 Å². The van der Waals surface area contributed by atoms with Crippen LogP contribution >= 0.6 is 36.2 Å². The number of fused-ring (bicyclic) bond motifs is 1. The summed E-state index contributed by atoms with van der Waals surface area (Å²) in [5.41, 5.74) is 3.48. The Morgan fingerprint density at radius 1 is 1.43 bits per heavy atom. The normalized spacial score (nSPS) is 21.2. The molecule has 1 fully saturated rings. The molecular weight excluding hydrogens is 329 g/mol. The molecule has 2 aromatic rings. The molecule has 116 valence electrons. The van der Waals surface area contributed by atoms with E-state index in [9.17, 15) is 4.79 Å². The third-order valence-corrected chi connectivity index (χ3v) is 4.53. The van der Waals surface area contributed by atoms with Crippen molar-refractivity contribution in [1.29, 1.82) is 0 Å². The van der Waals surface area contributed by atoms with Gasteiger partial charge in [0.1, 0.15) is 0 Å². The van der Waals surface area contributed by atoms with Crippen LogP contribution in [0.4, 0.5) is 0 Å². The molecule has 1 aromatic heterocycles. The number of hydrogen-bond acceptors (Lipinski definition) is 4. The molecule has 0 aliphatic carbocycles. The lowest BCUT2D eigenvalue weighted by Crippen LogP contribution is -2.50. The van der Waals surface area contributed by atoms with Crippen molar-refractivity contribution in [2.45, 2.75) is 19.4 Å². The number of rotatable bonds is 2. The molecule has 2 atom stereocenters. The molecule has 7 heteroatoms. The highest BCUT2D eigenvalue weighted by atomic mass is 35.5. The van der Waals surface area contributed by atoms with Crippen molar-refractivity contribution in [3.63, 3.8) is 0 Å². The number of carbonyl (C=O) groups excluding carboxylic acids is 1. The first-order valence-electron chi connectivity index (χ1n) is 6.59. The molecular formula is C14H19Cl2N3OS. The molecule has 21 heavy (non-hydrogen) atoms. The maximum Gasteiger partial charge on any atom is 0.251 e. The third kappa shape index (κ3) is 4.07. The third-order valence-electron chi connectivity index (χ3n) is 3.74. The zero-order chi connectivity index (χ0) is 13.2. The van der Waals surface area contributed by atoms with Gasteiger partial charge in [0.2, 0.25) is 0 Å². The number of carbonyl (C=O) groups is 1. The van der Waals surface area contributed by atoms with Gasteiger partial charge in [0.25, 0.3) is 5.91 Å². The Bertz CT molecular complexity index is 605. The highest BCUT2D eigenvalue weighted by molar-refractivity contribution is 7.16.